The van der Waals surface area contributed by atoms with Crippen LogP contribution in [-0.4, -0.2) is 26.9 Å². The molecule has 1 aromatic carbocycles. The number of hydrogen-bond acceptors (Lipinski definition) is 8. The summed E-state index contributed by atoms with van der Waals surface area (Å²) in [5.74, 6) is -0.0973. The number of thioether (sulfide) groups is 1. The molecule has 0 aliphatic rings. The van der Waals surface area contributed by atoms with E-state index in [2.05, 4.69) is 15.2 Å². The van der Waals surface area contributed by atoms with Crippen molar-refractivity contribution in [3.8, 4) is 17.5 Å². The maximum Gasteiger partial charge on any atom is 0.316 e. The van der Waals surface area contributed by atoms with Crippen molar-refractivity contribution in [3.05, 3.63) is 63.8 Å². The molecule has 0 radical (unpaired) electrons. The van der Waals surface area contributed by atoms with E-state index < -0.39 is 5.97 Å². The van der Waals surface area contributed by atoms with Crippen LogP contribution < -0.4 is 5.56 Å². The van der Waals surface area contributed by atoms with Crippen LogP contribution in [0.25, 0.3) is 11.5 Å². The van der Waals surface area contributed by atoms with Crippen LogP contribution in [0.5, 0.6) is 0 Å². The van der Waals surface area contributed by atoms with E-state index in [0.29, 0.717) is 22.0 Å². The Balaban J connectivity index is 1.56. The second kappa shape index (κ2) is 8.33. The van der Waals surface area contributed by atoms with Crippen molar-refractivity contribution in [1.82, 2.24) is 15.2 Å². The molecule has 0 fully saturated rings. The molecule has 9 heteroatoms. The van der Waals surface area contributed by atoms with E-state index in [1.807, 2.05) is 36.4 Å². The third-order valence-corrected chi connectivity index (χ3v) is 4.47. The Morgan fingerprint density at radius 1 is 1.33 bits per heavy atom. The van der Waals surface area contributed by atoms with E-state index in [1.165, 1.54) is 6.07 Å². The van der Waals surface area contributed by atoms with E-state index in [4.69, 9.17) is 9.15 Å². The molecule has 0 bridgehead atoms. The zero-order valence-corrected chi connectivity index (χ0v) is 15.1. The Bertz CT molecular complexity index is 1050. The Morgan fingerprint density at radius 2 is 2.11 bits per heavy atom. The molecule has 3 rings (SSSR count). The molecule has 0 atom stereocenters. The molecular weight excluding hydrogens is 368 g/mol. The monoisotopic (exact) mass is 382 g/mol. The molecule has 136 valence electrons. The largest absolute Gasteiger partial charge is 0.455 e. The highest BCUT2D eigenvalue weighted by molar-refractivity contribution is 7.99. The average Bonchev–Trinajstić information content (AvgIpc) is 3.14. The van der Waals surface area contributed by atoms with Crippen molar-refractivity contribution < 1.29 is 13.9 Å². The number of aryl methyl sites for hydroxylation is 1. The number of aromatic amines is 1. The lowest BCUT2D eigenvalue weighted by molar-refractivity contribution is -0.142. The van der Waals surface area contributed by atoms with Gasteiger partial charge in [-0.15, -0.1) is 10.2 Å². The fourth-order valence-electron chi connectivity index (χ4n) is 2.23. The Morgan fingerprint density at radius 3 is 2.85 bits per heavy atom. The quantitative estimate of drug-likeness (QED) is 0.509. The highest BCUT2D eigenvalue weighted by Gasteiger charge is 2.13. The van der Waals surface area contributed by atoms with Crippen LogP contribution in [0.4, 0.5) is 0 Å². The average molecular weight is 382 g/mol. The molecular formula is C18H14N4O4S. The Hall–Kier alpha value is -3.38. The van der Waals surface area contributed by atoms with Crippen LogP contribution in [0.15, 0.2) is 50.6 Å². The van der Waals surface area contributed by atoms with Crippen LogP contribution in [0, 0.1) is 18.3 Å². The molecule has 0 spiro atoms. The summed E-state index contributed by atoms with van der Waals surface area (Å²) in [6.45, 7) is 1.50. The fourth-order valence-corrected chi connectivity index (χ4v) is 3.10. The van der Waals surface area contributed by atoms with E-state index in [-0.39, 0.29) is 23.8 Å². The summed E-state index contributed by atoms with van der Waals surface area (Å²) in [6.07, 6.45) is 0. The number of aromatic nitrogens is 3. The number of carbonyl (C=O) groups excluding carboxylic acids is 1. The topological polar surface area (TPSA) is 122 Å². The van der Waals surface area contributed by atoms with Gasteiger partial charge in [0.05, 0.1) is 16.3 Å². The van der Waals surface area contributed by atoms with E-state index >= 15 is 0 Å². The maximum atomic E-state index is 11.9. The van der Waals surface area contributed by atoms with Gasteiger partial charge in [-0.25, -0.2) is 0 Å². The van der Waals surface area contributed by atoms with Gasteiger partial charge >= 0.3 is 5.97 Å². The summed E-state index contributed by atoms with van der Waals surface area (Å²) in [6, 6.07) is 12.6. The summed E-state index contributed by atoms with van der Waals surface area (Å²) < 4.78 is 10.6. The highest BCUT2D eigenvalue weighted by Crippen LogP contribution is 2.21. The van der Waals surface area contributed by atoms with Gasteiger partial charge in [-0.2, -0.15) is 5.26 Å². The minimum Gasteiger partial charge on any atom is -0.455 e. The van der Waals surface area contributed by atoms with Crippen molar-refractivity contribution in [3.63, 3.8) is 0 Å². The lowest BCUT2D eigenvalue weighted by atomic mass is 10.2. The van der Waals surface area contributed by atoms with Gasteiger partial charge in [0.2, 0.25) is 11.4 Å². The van der Waals surface area contributed by atoms with E-state index in [9.17, 15) is 14.9 Å². The Labute approximate surface area is 158 Å². The van der Waals surface area contributed by atoms with E-state index in [0.717, 1.165) is 17.3 Å². The van der Waals surface area contributed by atoms with Crippen molar-refractivity contribution in [2.45, 2.75) is 18.6 Å². The summed E-state index contributed by atoms with van der Waals surface area (Å²) in [7, 11) is 0. The number of ether oxygens (including phenoxy) is 1. The number of carbonyl (C=O) groups is 1. The number of pyridine rings is 1. The van der Waals surface area contributed by atoms with Crippen molar-refractivity contribution >= 4 is 17.7 Å². The molecule has 0 amide bonds. The number of nitrogens with one attached hydrogen (secondary N) is 1. The molecule has 0 saturated heterocycles. The maximum absolute atomic E-state index is 11.9. The van der Waals surface area contributed by atoms with E-state index in [1.54, 1.807) is 6.92 Å². The van der Waals surface area contributed by atoms with Crippen molar-refractivity contribution in [2.24, 2.45) is 0 Å². The predicted octanol–water partition coefficient (Wildman–Crippen LogP) is 2.44. The molecule has 0 aliphatic heterocycles. The summed E-state index contributed by atoms with van der Waals surface area (Å²) in [4.78, 5) is 26.0. The van der Waals surface area contributed by atoms with Crippen molar-refractivity contribution in [2.75, 3.05) is 5.75 Å². The van der Waals surface area contributed by atoms with Gasteiger partial charge < -0.3 is 14.1 Å². The number of esters is 1. The molecule has 1 N–H and O–H groups in total. The second-order valence-corrected chi connectivity index (χ2v) is 6.43. The minimum atomic E-state index is -0.536. The summed E-state index contributed by atoms with van der Waals surface area (Å²) >= 11 is 1.03. The standard InChI is InChI=1S/C18H14N4O4S/c1-11-7-14(23)20-18(13(11)8-19)27-10-16(24)25-9-15-21-22-17(26-15)12-5-3-2-4-6-12/h2-7H,9-10H2,1H3,(H,20,23). The number of nitrogens with zero attached hydrogens (tertiary/aromatic N) is 3. The lowest BCUT2D eigenvalue weighted by Gasteiger charge is -2.05. The van der Waals surface area contributed by atoms with Crippen LogP contribution >= 0.6 is 11.8 Å². The van der Waals surface area contributed by atoms with Gasteiger partial charge in [0, 0.05) is 11.6 Å². The minimum absolute atomic E-state index is 0.0756. The molecule has 27 heavy (non-hydrogen) atoms. The van der Waals surface area contributed by atoms with Crippen molar-refractivity contribution in [1.29, 1.82) is 5.26 Å². The molecule has 3 aromatic rings. The van der Waals surface area contributed by atoms with Gasteiger partial charge in [0.15, 0.2) is 6.61 Å². The third-order valence-electron chi connectivity index (χ3n) is 3.50. The number of nitriles is 1. The smallest absolute Gasteiger partial charge is 0.316 e. The molecule has 0 saturated carbocycles. The number of H-pyrrole nitrogens is 1. The second-order valence-electron chi connectivity index (χ2n) is 5.45. The van der Waals surface area contributed by atoms with Gasteiger partial charge in [0.1, 0.15) is 6.07 Å². The first-order chi connectivity index (χ1) is 13.1. The Kier molecular flexibility index (Phi) is 5.68. The zero-order valence-electron chi connectivity index (χ0n) is 14.3. The number of hydrogen-bond donors (Lipinski definition) is 1. The highest BCUT2D eigenvalue weighted by atomic mass is 32.2. The van der Waals surface area contributed by atoms with Crippen LogP contribution in [0.1, 0.15) is 17.0 Å². The molecule has 0 aliphatic carbocycles. The first-order valence-electron chi connectivity index (χ1n) is 7.87. The first kappa shape index (κ1) is 18.4. The SMILES string of the molecule is Cc1cc(=O)[nH]c(SCC(=O)OCc2nnc(-c3ccccc3)o2)c1C#N. The van der Waals surface area contributed by atoms with Gasteiger partial charge in [-0.05, 0) is 24.6 Å². The lowest BCUT2D eigenvalue weighted by Crippen LogP contribution is -2.11. The van der Waals surface area contributed by atoms with Gasteiger partial charge in [-0.1, -0.05) is 30.0 Å². The summed E-state index contributed by atoms with van der Waals surface area (Å²) in [5, 5.41) is 17.3. The molecule has 8 nitrogen and oxygen atoms in total. The zero-order chi connectivity index (χ0) is 19.2. The third kappa shape index (κ3) is 4.62. The van der Waals surface area contributed by atoms with Crippen LogP contribution in [0.2, 0.25) is 0 Å². The number of benzene rings is 1. The van der Waals surface area contributed by atoms with Crippen LogP contribution in [0.3, 0.4) is 0 Å². The molecule has 0 unspecified atom stereocenters. The predicted molar refractivity (Wildman–Crippen MR) is 96.8 cm³/mol. The molecule has 2 heterocycles. The van der Waals surface area contributed by atoms with Gasteiger partial charge in [-0.3, -0.25) is 9.59 Å². The fraction of sp³-hybridized carbons (Fsp3) is 0.167. The number of rotatable bonds is 6. The molecule has 2 aromatic heterocycles. The normalized spacial score (nSPS) is 10.4. The summed E-state index contributed by atoms with van der Waals surface area (Å²) in [5.41, 5.74) is 1.32. The van der Waals surface area contributed by atoms with Gasteiger partial charge in [0.25, 0.3) is 5.89 Å². The first-order valence-corrected chi connectivity index (χ1v) is 8.85. The van der Waals surface area contributed by atoms with Crippen LogP contribution in [-0.2, 0) is 16.1 Å².